The van der Waals surface area contributed by atoms with E-state index in [0.29, 0.717) is 12.8 Å². The molecule has 1 fully saturated rings. The zero-order valence-corrected chi connectivity index (χ0v) is 13.6. The second kappa shape index (κ2) is 6.66. The monoisotopic (exact) mass is 319 g/mol. The molecule has 1 aliphatic rings. The number of hydrogen-bond acceptors (Lipinski definition) is 3. The average molecular weight is 319 g/mol. The fourth-order valence-corrected chi connectivity index (χ4v) is 3.49. The van der Waals surface area contributed by atoms with E-state index >= 15 is 0 Å². The van der Waals surface area contributed by atoms with E-state index in [1.165, 1.54) is 10.4 Å². The van der Waals surface area contributed by atoms with Crippen molar-refractivity contribution in [2.24, 2.45) is 0 Å². The third-order valence-corrected chi connectivity index (χ3v) is 5.57. The van der Waals surface area contributed by atoms with Crippen molar-refractivity contribution in [3.05, 3.63) is 42.5 Å². The Morgan fingerprint density at radius 2 is 2.00 bits per heavy atom. The van der Waals surface area contributed by atoms with Crippen LogP contribution in [0.4, 0.5) is 0 Å². The van der Waals surface area contributed by atoms with Crippen LogP contribution in [-0.4, -0.2) is 36.5 Å². The number of aliphatic hydroxyl groups is 1. The Kier molecular flexibility index (Phi) is 5.07. The highest BCUT2D eigenvalue weighted by Gasteiger charge is 2.32. The lowest BCUT2D eigenvalue weighted by molar-refractivity contribution is 0.0238. The van der Waals surface area contributed by atoms with E-state index in [1.807, 2.05) is 6.92 Å². The van der Waals surface area contributed by atoms with Gasteiger partial charge in [-0.15, -0.1) is 6.58 Å². The molecular weight excluding hydrogens is 298 g/mol. The third-order valence-electron chi connectivity index (χ3n) is 3.75. The largest absolute Gasteiger partial charge is 0.378 e. The van der Waals surface area contributed by atoms with E-state index in [-0.39, 0.29) is 18.0 Å². The Morgan fingerprint density at radius 1 is 1.36 bits per heavy atom. The maximum Gasteiger partial charge on any atom is 0.244 e. The van der Waals surface area contributed by atoms with Crippen molar-refractivity contribution in [1.29, 1.82) is 0 Å². The average Bonchev–Trinajstić information content (AvgIpc) is 2.45. The van der Waals surface area contributed by atoms with Crippen molar-refractivity contribution < 1.29 is 13.5 Å². The summed E-state index contributed by atoms with van der Waals surface area (Å²) >= 11 is 0. The molecule has 0 spiro atoms. The number of nitrogens with zero attached hydrogens (tertiary/aromatic N) is 1. The van der Waals surface area contributed by atoms with Gasteiger partial charge in [0.05, 0.1) is 11.4 Å². The molecule has 0 aromatic heterocycles. The SMILES string of the molecule is C=CCN(CC#CC1(O)CCC1)S(=O)(=O)c1ccc(C)cc1. The quantitative estimate of drug-likeness (QED) is 0.668. The van der Waals surface area contributed by atoms with Crippen LogP contribution in [0, 0.1) is 18.8 Å². The molecule has 1 aliphatic carbocycles. The number of aryl methyl sites for hydroxylation is 1. The summed E-state index contributed by atoms with van der Waals surface area (Å²) in [6, 6.07) is 6.71. The molecule has 1 saturated carbocycles. The van der Waals surface area contributed by atoms with Crippen molar-refractivity contribution in [2.75, 3.05) is 13.1 Å². The van der Waals surface area contributed by atoms with E-state index < -0.39 is 15.6 Å². The van der Waals surface area contributed by atoms with Crippen molar-refractivity contribution >= 4 is 10.0 Å². The molecule has 0 radical (unpaired) electrons. The molecule has 1 N–H and O–H groups in total. The van der Waals surface area contributed by atoms with Gasteiger partial charge >= 0.3 is 0 Å². The van der Waals surface area contributed by atoms with Gasteiger partial charge in [-0.2, -0.15) is 4.31 Å². The van der Waals surface area contributed by atoms with E-state index in [2.05, 4.69) is 18.4 Å². The molecule has 0 bridgehead atoms. The Hall–Kier alpha value is -1.61. The highest BCUT2D eigenvalue weighted by Crippen LogP contribution is 2.30. The number of hydrogen-bond donors (Lipinski definition) is 1. The summed E-state index contributed by atoms with van der Waals surface area (Å²) in [6.45, 7) is 5.74. The van der Waals surface area contributed by atoms with Gasteiger partial charge < -0.3 is 5.11 Å². The fraction of sp³-hybridized carbons (Fsp3) is 0.412. The van der Waals surface area contributed by atoms with Crippen molar-refractivity contribution in [1.82, 2.24) is 4.31 Å². The predicted molar refractivity (Wildman–Crippen MR) is 86.7 cm³/mol. The fourth-order valence-electron chi connectivity index (χ4n) is 2.18. The maximum atomic E-state index is 12.6. The smallest absolute Gasteiger partial charge is 0.244 e. The molecule has 1 aromatic carbocycles. The van der Waals surface area contributed by atoms with Crippen LogP contribution in [0.25, 0.3) is 0 Å². The molecular formula is C17H21NO3S. The van der Waals surface area contributed by atoms with Gasteiger partial charge in [0, 0.05) is 6.54 Å². The lowest BCUT2D eigenvalue weighted by atomic mass is 9.81. The minimum Gasteiger partial charge on any atom is -0.378 e. The minimum absolute atomic E-state index is 0.0462. The van der Waals surface area contributed by atoms with Gasteiger partial charge in [0.1, 0.15) is 5.60 Å². The zero-order valence-electron chi connectivity index (χ0n) is 12.7. The molecule has 5 heteroatoms. The van der Waals surface area contributed by atoms with E-state index in [4.69, 9.17) is 0 Å². The standard InChI is InChI=1S/C17H21NO3S/c1-3-13-18(14-5-12-17(19)10-4-11-17)22(20,21)16-8-6-15(2)7-9-16/h3,6-9,19H,1,4,10-11,13-14H2,2H3. The van der Waals surface area contributed by atoms with Gasteiger partial charge in [-0.25, -0.2) is 8.42 Å². The van der Waals surface area contributed by atoms with Crippen LogP contribution in [-0.2, 0) is 10.0 Å². The number of sulfonamides is 1. The van der Waals surface area contributed by atoms with E-state index in [9.17, 15) is 13.5 Å². The van der Waals surface area contributed by atoms with Crippen LogP contribution in [0.1, 0.15) is 24.8 Å². The van der Waals surface area contributed by atoms with Crippen LogP contribution in [0.15, 0.2) is 41.8 Å². The Balaban J connectivity index is 2.18. The second-order valence-electron chi connectivity index (χ2n) is 5.59. The molecule has 4 nitrogen and oxygen atoms in total. The molecule has 0 aliphatic heterocycles. The first-order valence-corrected chi connectivity index (χ1v) is 8.71. The lowest BCUT2D eigenvalue weighted by Crippen LogP contribution is -2.36. The minimum atomic E-state index is -3.61. The third kappa shape index (κ3) is 3.77. The Labute approximate surface area is 132 Å². The highest BCUT2D eigenvalue weighted by atomic mass is 32.2. The van der Waals surface area contributed by atoms with Crippen molar-refractivity contribution in [3.8, 4) is 11.8 Å². The Morgan fingerprint density at radius 3 is 2.50 bits per heavy atom. The molecule has 22 heavy (non-hydrogen) atoms. The Bertz CT molecular complexity index is 692. The first kappa shape index (κ1) is 16.8. The van der Waals surface area contributed by atoms with Crippen LogP contribution in [0.3, 0.4) is 0 Å². The first-order chi connectivity index (χ1) is 10.4. The van der Waals surface area contributed by atoms with Gasteiger partial charge in [0.25, 0.3) is 0 Å². The van der Waals surface area contributed by atoms with E-state index in [1.54, 1.807) is 24.3 Å². The van der Waals surface area contributed by atoms with Gasteiger partial charge in [-0.1, -0.05) is 35.6 Å². The summed E-state index contributed by atoms with van der Waals surface area (Å²) < 4.78 is 26.5. The van der Waals surface area contributed by atoms with Gasteiger partial charge in [0.2, 0.25) is 10.0 Å². The summed E-state index contributed by atoms with van der Waals surface area (Å²) in [5.74, 6) is 5.58. The number of benzene rings is 1. The molecule has 0 unspecified atom stereocenters. The first-order valence-electron chi connectivity index (χ1n) is 7.27. The summed E-state index contributed by atoms with van der Waals surface area (Å²) in [6.07, 6.45) is 3.81. The van der Waals surface area contributed by atoms with Crippen LogP contribution < -0.4 is 0 Å². The van der Waals surface area contributed by atoms with Crippen LogP contribution >= 0.6 is 0 Å². The van der Waals surface area contributed by atoms with Crippen molar-refractivity contribution in [2.45, 2.75) is 36.7 Å². The summed E-state index contributed by atoms with van der Waals surface area (Å²) in [7, 11) is -3.61. The number of rotatable bonds is 5. The van der Waals surface area contributed by atoms with Crippen LogP contribution in [0.5, 0.6) is 0 Å². The molecule has 0 atom stereocenters. The highest BCUT2D eigenvalue weighted by molar-refractivity contribution is 7.89. The molecule has 118 valence electrons. The van der Waals surface area contributed by atoms with Crippen LogP contribution in [0.2, 0.25) is 0 Å². The summed E-state index contributed by atoms with van der Waals surface area (Å²) in [5.41, 5.74) is 0.0780. The normalized spacial score (nSPS) is 16.5. The predicted octanol–water partition coefficient (Wildman–Crippen LogP) is 2.09. The van der Waals surface area contributed by atoms with Gasteiger partial charge in [-0.3, -0.25) is 0 Å². The van der Waals surface area contributed by atoms with Gasteiger partial charge in [0.15, 0.2) is 0 Å². The van der Waals surface area contributed by atoms with Crippen molar-refractivity contribution in [3.63, 3.8) is 0 Å². The second-order valence-corrected chi connectivity index (χ2v) is 7.52. The van der Waals surface area contributed by atoms with E-state index in [0.717, 1.165) is 12.0 Å². The summed E-state index contributed by atoms with van der Waals surface area (Å²) in [4.78, 5) is 0.240. The molecule has 1 aromatic rings. The topological polar surface area (TPSA) is 57.6 Å². The summed E-state index contributed by atoms with van der Waals surface area (Å²) in [5, 5.41) is 9.94. The lowest BCUT2D eigenvalue weighted by Gasteiger charge is -2.31. The zero-order chi connectivity index (χ0) is 16.2. The molecule has 0 heterocycles. The molecule has 2 rings (SSSR count). The van der Waals surface area contributed by atoms with Gasteiger partial charge in [-0.05, 0) is 38.3 Å². The maximum absolute atomic E-state index is 12.6. The molecule has 0 saturated heterocycles. The molecule has 0 amide bonds.